The number of nitrogens with zero attached hydrogens (tertiary/aromatic N) is 4. The molecule has 2 aromatic heterocycles. The van der Waals surface area contributed by atoms with Crippen molar-refractivity contribution in [2.24, 2.45) is 0 Å². The maximum atomic E-state index is 14.1. The lowest BCUT2D eigenvalue weighted by Gasteiger charge is -2.05. The van der Waals surface area contributed by atoms with Crippen LogP contribution >= 0.6 is 11.6 Å². The van der Waals surface area contributed by atoms with Crippen LogP contribution < -0.4 is 0 Å². The molecule has 3 aromatic rings. The molecule has 0 unspecified atom stereocenters. The van der Waals surface area contributed by atoms with Crippen LogP contribution in [0.25, 0.3) is 17.0 Å². The normalized spacial score (nSPS) is 11.2. The number of halogens is 3. The Bertz CT molecular complexity index is 785. The third kappa shape index (κ3) is 1.76. The van der Waals surface area contributed by atoms with E-state index in [0.29, 0.717) is 5.56 Å². The summed E-state index contributed by atoms with van der Waals surface area (Å²) in [4.78, 5) is 3.83. The van der Waals surface area contributed by atoms with E-state index in [1.54, 1.807) is 6.92 Å². The van der Waals surface area contributed by atoms with Crippen molar-refractivity contribution in [3.05, 3.63) is 46.9 Å². The Hall–Kier alpha value is -2.08. The van der Waals surface area contributed by atoms with E-state index in [9.17, 15) is 8.78 Å². The van der Waals surface area contributed by atoms with Crippen LogP contribution in [0.4, 0.5) is 8.78 Å². The summed E-state index contributed by atoms with van der Waals surface area (Å²) in [5.41, 5.74) is 0.350. The van der Waals surface area contributed by atoms with Gasteiger partial charge in [0, 0.05) is 12.4 Å². The highest BCUT2D eigenvalue weighted by Gasteiger charge is 2.19. The van der Waals surface area contributed by atoms with E-state index >= 15 is 0 Å². The summed E-state index contributed by atoms with van der Waals surface area (Å²) in [6.07, 6.45) is 2.91. The van der Waals surface area contributed by atoms with Gasteiger partial charge in [0.05, 0.1) is 5.56 Å². The van der Waals surface area contributed by atoms with Crippen molar-refractivity contribution in [3.63, 3.8) is 0 Å². The van der Waals surface area contributed by atoms with Gasteiger partial charge < -0.3 is 0 Å². The van der Waals surface area contributed by atoms with Crippen LogP contribution in [0, 0.1) is 18.6 Å². The predicted octanol–water partition coefficient (Wildman–Crippen LogP) is 3.03. The molecule has 0 amide bonds. The largest absolute Gasteiger partial charge is 0.278 e. The first-order chi connectivity index (χ1) is 9.09. The summed E-state index contributed by atoms with van der Waals surface area (Å²) in [7, 11) is 0. The zero-order valence-corrected chi connectivity index (χ0v) is 10.5. The Balaban J connectivity index is 2.38. The number of hydrogen-bond acceptors (Lipinski definition) is 3. The van der Waals surface area contributed by atoms with Crippen LogP contribution in [-0.4, -0.2) is 19.6 Å². The molecule has 3 rings (SSSR count). The first kappa shape index (κ1) is 12.0. The second kappa shape index (κ2) is 4.24. The van der Waals surface area contributed by atoms with Gasteiger partial charge in [0.15, 0.2) is 16.6 Å². The number of aryl methyl sites for hydroxylation is 1. The maximum Gasteiger partial charge on any atom is 0.198 e. The van der Waals surface area contributed by atoms with Gasteiger partial charge in [-0.25, -0.2) is 13.8 Å². The average Bonchev–Trinajstić information content (AvgIpc) is 2.80. The fourth-order valence-electron chi connectivity index (χ4n) is 1.83. The molecule has 1 aromatic carbocycles. The molecule has 7 heteroatoms. The molecule has 2 heterocycles. The van der Waals surface area contributed by atoms with Gasteiger partial charge in [-0.2, -0.15) is 0 Å². The monoisotopic (exact) mass is 280 g/mol. The lowest BCUT2D eigenvalue weighted by atomic mass is 10.1. The number of rotatable bonds is 1. The number of aromatic nitrogens is 4. The summed E-state index contributed by atoms with van der Waals surface area (Å²) >= 11 is 5.85. The van der Waals surface area contributed by atoms with Gasteiger partial charge >= 0.3 is 0 Å². The third-order valence-corrected chi connectivity index (χ3v) is 3.06. The van der Waals surface area contributed by atoms with Crippen LogP contribution in [0.1, 0.15) is 5.56 Å². The van der Waals surface area contributed by atoms with Crippen LogP contribution in [-0.2, 0) is 0 Å². The summed E-state index contributed by atoms with van der Waals surface area (Å²) in [5.74, 6) is -1.31. The number of benzene rings is 1. The Kier molecular flexibility index (Phi) is 2.67. The number of fused-ring (bicyclic) bond motifs is 1. The summed E-state index contributed by atoms with van der Waals surface area (Å²) in [6.45, 7) is 1.55. The van der Waals surface area contributed by atoms with Gasteiger partial charge in [0.25, 0.3) is 0 Å². The van der Waals surface area contributed by atoms with E-state index in [-0.39, 0.29) is 22.2 Å². The van der Waals surface area contributed by atoms with Crippen molar-refractivity contribution in [1.29, 1.82) is 0 Å². The first-order valence-corrected chi connectivity index (χ1v) is 5.77. The zero-order chi connectivity index (χ0) is 13.6. The van der Waals surface area contributed by atoms with Crippen molar-refractivity contribution < 1.29 is 8.78 Å². The molecule has 96 valence electrons. The minimum Gasteiger partial charge on any atom is -0.278 e. The van der Waals surface area contributed by atoms with Crippen molar-refractivity contribution >= 4 is 17.2 Å². The molecule has 0 spiro atoms. The highest BCUT2D eigenvalue weighted by atomic mass is 35.5. The Morgan fingerprint density at radius 3 is 2.79 bits per heavy atom. The summed E-state index contributed by atoms with van der Waals surface area (Å²) in [6, 6.07) is 2.56. The highest BCUT2D eigenvalue weighted by Crippen LogP contribution is 2.27. The van der Waals surface area contributed by atoms with Gasteiger partial charge in [0.2, 0.25) is 0 Å². The molecule has 0 atom stereocenters. The van der Waals surface area contributed by atoms with E-state index in [1.807, 2.05) is 0 Å². The first-order valence-electron chi connectivity index (χ1n) is 5.40. The SMILES string of the molecule is Cc1ccc(F)c(-c2nnc3c(Cl)nccn23)c1F. The third-order valence-electron chi connectivity index (χ3n) is 2.79. The minimum absolute atomic E-state index is 0.0537. The summed E-state index contributed by atoms with van der Waals surface area (Å²) in [5, 5.41) is 7.71. The quantitative estimate of drug-likeness (QED) is 0.688. The van der Waals surface area contributed by atoms with Gasteiger partial charge in [0.1, 0.15) is 11.6 Å². The summed E-state index contributed by atoms with van der Waals surface area (Å²) < 4.78 is 29.3. The Morgan fingerprint density at radius 2 is 2.00 bits per heavy atom. The molecule has 4 nitrogen and oxygen atoms in total. The second-order valence-electron chi connectivity index (χ2n) is 3.99. The van der Waals surface area contributed by atoms with Crippen LogP contribution in [0.3, 0.4) is 0 Å². The molecule has 0 fully saturated rings. The Labute approximate surface area is 111 Å². The molecule has 0 bridgehead atoms. The second-order valence-corrected chi connectivity index (χ2v) is 4.35. The molecular formula is C12H7ClF2N4. The van der Waals surface area contributed by atoms with Crippen molar-refractivity contribution in [1.82, 2.24) is 19.6 Å². The molecule has 0 aliphatic carbocycles. The average molecular weight is 281 g/mol. The molecule has 19 heavy (non-hydrogen) atoms. The van der Waals surface area contributed by atoms with E-state index in [0.717, 1.165) is 0 Å². The van der Waals surface area contributed by atoms with Crippen LogP contribution in [0.2, 0.25) is 5.15 Å². The van der Waals surface area contributed by atoms with E-state index in [2.05, 4.69) is 15.2 Å². The van der Waals surface area contributed by atoms with E-state index < -0.39 is 11.6 Å². The Morgan fingerprint density at radius 1 is 1.21 bits per heavy atom. The topological polar surface area (TPSA) is 43.1 Å². The molecule has 0 saturated heterocycles. The van der Waals surface area contributed by atoms with Crippen molar-refractivity contribution in [2.75, 3.05) is 0 Å². The molecule has 0 saturated carbocycles. The van der Waals surface area contributed by atoms with Gasteiger partial charge in [-0.1, -0.05) is 17.7 Å². The van der Waals surface area contributed by atoms with E-state index in [1.165, 1.54) is 28.9 Å². The lowest BCUT2D eigenvalue weighted by molar-refractivity contribution is 0.581. The van der Waals surface area contributed by atoms with Crippen LogP contribution in [0.15, 0.2) is 24.5 Å². The van der Waals surface area contributed by atoms with Crippen molar-refractivity contribution in [3.8, 4) is 11.4 Å². The molecule has 0 aliphatic rings. The lowest BCUT2D eigenvalue weighted by Crippen LogP contribution is -1.98. The smallest absolute Gasteiger partial charge is 0.198 e. The molecule has 0 radical (unpaired) electrons. The highest BCUT2D eigenvalue weighted by molar-refractivity contribution is 6.32. The standard InChI is InChI=1S/C12H7ClF2N4/c1-6-2-3-7(14)8(9(6)15)11-17-18-12-10(13)16-4-5-19(11)12/h2-5H,1H3. The van der Waals surface area contributed by atoms with Crippen molar-refractivity contribution in [2.45, 2.75) is 6.92 Å². The van der Waals surface area contributed by atoms with E-state index in [4.69, 9.17) is 11.6 Å². The van der Waals surface area contributed by atoms with Gasteiger partial charge in [-0.3, -0.25) is 4.40 Å². The van der Waals surface area contributed by atoms with Gasteiger partial charge in [-0.05, 0) is 18.6 Å². The molecular weight excluding hydrogens is 274 g/mol. The maximum absolute atomic E-state index is 14.1. The minimum atomic E-state index is -0.703. The predicted molar refractivity (Wildman–Crippen MR) is 65.9 cm³/mol. The fourth-order valence-corrected chi connectivity index (χ4v) is 2.01. The number of hydrogen-bond donors (Lipinski definition) is 0. The van der Waals surface area contributed by atoms with Gasteiger partial charge in [-0.15, -0.1) is 10.2 Å². The zero-order valence-electron chi connectivity index (χ0n) is 9.73. The molecule has 0 N–H and O–H groups in total. The van der Waals surface area contributed by atoms with Crippen LogP contribution in [0.5, 0.6) is 0 Å². The molecule has 0 aliphatic heterocycles. The fraction of sp³-hybridized carbons (Fsp3) is 0.0833.